The zero-order valence-corrected chi connectivity index (χ0v) is 18.9. The first-order valence-corrected chi connectivity index (χ1v) is 10.7. The van der Waals surface area contributed by atoms with E-state index in [-0.39, 0.29) is 11.3 Å². The second-order valence-corrected chi connectivity index (χ2v) is 9.58. The zero-order chi connectivity index (χ0) is 21.2. The lowest BCUT2D eigenvalue weighted by molar-refractivity contribution is -0.856. The summed E-state index contributed by atoms with van der Waals surface area (Å²) in [5.41, 5.74) is 2.83. The summed E-state index contributed by atoms with van der Waals surface area (Å²) in [5.74, 6) is 0.777. The van der Waals surface area contributed by atoms with Crippen LogP contribution in [0.1, 0.15) is 36.7 Å². The number of quaternary nitrogens is 1. The number of thiazole rings is 1. The van der Waals surface area contributed by atoms with E-state index in [9.17, 15) is 4.79 Å². The van der Waals surface area contributed by atoms with Crippen molar-refractivity contribution in [1.82, 2.24) is 4.98 Å². The number of anilines is 1. The molecule has 0 unspecified atom stereocenters. The highest BCUT2D eigenvalue weighted by Gasteiger charge is 2.23. The molecule has 1 aromatic heterocycles. The molecule has 0 spiro atoms. The minimum atomic E-state index is -0.0160. The van der Waals surface area contributed by atoms with Crippen molar-refractivity contribution in [2.45, 2.75) is 26.2 Å². The number of methoxy groups -OCH3 is 1. The molecule has 0 radical (unpaired) electrons. The van der Waals surface area contributed by atoms with Gasteiger partial charge in [-0.3, -0.25) is 9.69 Å². The molecule has 3 rings (SSSR count). The second-order valence-electron chi connectivity index (χ2n) is 8.57. The number of benzene rings is 2. The fourth-order valence-electron chi connectivity index (χ4n) is 3.02. The molecule has 0 saturated carbocycles. The molecule has 6 heteroatoms. The van der Waals surface area contributed by atoms with E-state index in [1.165, 1.54) is 21.8 Å². The monoisotopic (exact) mass is 412 g/mol. The first-order valence-electron chi connectivity index (χ1n) is 9.85. The Balaban J connectivity index is 1.95. The molecule has 2 aromatic carbocycles. The van der Waals surface area contributed by atoms with Crippen LogP contribution in [0.25, 0.3) is 10.2 Å². The van der Waals surface area contributed by atoms with E-state index in [1.54, 1.807) is 12.0 Å². The minimum Gasteiger partial charge on any atom is -0.497 e. The van der Waals surface area contributed by atoms with Gasteiger partial charge in [-0.05, 0) is 41.3 Å². The normalized spacial score (nSPS) is 11.8. The molecule has 29 heavy (non-hydrogen) atoms. The third-order valence-corrected chi connectivity index (χ3v) is 5.93. The Bertz CT molecular complexity index is 988. The second kappa shape index (κ2) is 8.51. The molecule has 154 valence electrons. The van der Waals surface area contributed by atoms with Gasteiger partial charge in [-0.25, -0.2) is 4.98 Å². The summed E-state index contributed by atoms with van der Waals surface area (Å²) in [7, 11) is 5.83. The first kappa shape index (κ1) is 21.3. The molecule has 1 heterocycles. The van der Waals surface area contributed by atoms with Crippen LogP contribution in [-0.4, -0.2) is 45.2 Å². The number of aromatic nitrogens is 1. The smallest absolute Gasteiger partial charge is 0.260 e. The van der Waals surface area contributed by atoms with Gasteiger partial charge in [0.15, 0.2) is 5.13 Å². The molecule has 5 nitrogen and oxygen atoms in total. The van der Waals surface area contributed by atoms with E-state index in [0.717, 1.165) is 27.6 Å². The highest BCUT2D eigenvalue weighted by molar-refractivity contribution is 7.22. The summed E-state index contributed by atoms with van der Waals surface area (Å²) in [5, 5.41) is 0.722. The van der Waals surface area contributed by atoms with Gasteiger partial charge in [-0.2, -0.15) is 0 Å². The molecule has 0 aliphatic rings. The number of rotatable bonds is 6. The van der Waals surface area contributed by atoms with E-state index in [1.807, 2.05) is 42.5 Å². The third kappa shape index (κ3) is 4.95. The number of nitrogens with one attached hydrogen (secondary N) is 1. The van der Waals surface area contributed by atoms with Gasteiger partial charge in [0.25, 0.3) is 5.91 Å². The number of carbonyl (C=O) groups excluding carboxylic acids is 1. The number of amides is 1. The van der Waals surface area contributed by atoms with Crippen LogP contribution in [0.4, 0.5) is 5.13 Å². The lowest BCUT2D eigenvalue weighted by atomic mass is 9.86. The highest BCUT2D eigenvalue weighted by Crippen LogP contribution is 2.32. The van der Waals surface area contributed by atoms with Crippen molar-refractivity contribution in [3.63, 3.8) is 0 Å². The molecule has 1 amide bonds. The number of fused-ring (bicyclic) bond motifs is 1. The van der Waals surface area contributed by atoms with E-state index >= 15 is 0 Å². The Kier molecular flexibility index (Phi) is 6.24. The van der Waals surface area contributed by atoms with Crippen molar-refractivity contribution in [1.29, 1.82) is 0 Å². The number of hydrogen-bond donors (Lipinski definition) is 1. The van der Waals surface area contributed by atoms with Crippen LogP contribution >= 0.6 is 11.3 Å². The van der Waals surface area contributed by atoms with Crippen LogP contribution in [0.15, 0.2) is 42.5 Å². The van der Waals surface area contributed by atoms with E-state index in [0.29, 0.717) is 12.1 Å². The van der Waals surface area contributed by atoms with Crippen molar-refractivity contribution >= 4 is 32.6 Å². The van der Waals surface area contributed by atoms with Gasteiger partial charge in [0, 0.05) is 5.56 Å². The van der Waals surface area contributed by atoms with Crippen LogP contribution in [0.5, 0.6) is 5.75 Å². The van der Waals surface area contributed by atoms with Crippen LogP contribution in [0.2, 0.25) is 0 Å². The number of nitrogens with zero attached hydrogens (tertiary/aromatic N) is 2. The molecule has 0 atom stereocenters. The summed E-state index contributed by atoms with van der Waals surface area (Å²) >= 11 is 1.52. The Hall–Kier alpha value is -2.44. The molecule has 0 saturated heterocycles. The maximum absolute atomic E-state index is 13.4. The predicted molar refractivity (Wildman–Crippen MR) is 121 cm³/mol. The Morgan fingerprint density at radius 2 is 1.83 bits per heavy atom. The maximum atomic E-state index is 13.4. The average molecular weight is 413 g/mol. The lowest BCUT2D eigenvalue weighted by Gasteiger charge is -2.22. The van der Waals surface area contributed by atoms with Crippen molar-refractivity contribution in [2.75, 3.05) is 39.2 Å². The topological polar surface area (TPSA) is 46.9 Å². The van der Waals surface area contributed by atoms with Gasteiger partial charge in [-0.1, -0.05) is 44.2 Å². The first-order chi connectivity index (χ1) is 13.7. The number of carbonyl (C=O) groups is 1. The predicted octanol–water partition coefficient (Wildman–Crippen LogP) is 3.39. The molecule has 3 aromatic rings. The van der Waals surface area contributed by atoms with Crippen molar-refractivity contribution in [3.8, 4) is 5.75 Å². The van der Waals surface area contributed by atoms with E-state index in [2.05, 4.69) is 34.9 Å². The molecule has 1 N–H and O–H groups in total. The highest BCUT2D eigenvalue weighted by atomic mass is 32.1. The lowest BCUT2D eigenvalue weighted by Crippen LogP contribution is -3.06. The zero-order valence-electron chi connectivity index (χ0n) is 18.1. The fourth-order valence-corrected chi connectivity index (χ4v) is 4.04. The summed E-state index contributed by atoms with van der Waals surface area (Å²) < 4.78 is 6.33. The number of ether oxygens (including phenoxy) is 1. The Labute approximate surface area is 176 Å². The van der Waals surface area contributed by atoms with Gasteiger partial charge >= 0.3 is 0 Å². The van der Waals surface area contributed by atoms with Gasteiger partial charge in [-0.15, -0.1) is 0 Å². The minimum absolute atomic E-state index is 0.0160. The molecular formula is C23H30N3O2S+. The van der Waals surface area contributed by atoms with Crippen LogP contribution in [0.3, 0.4) is 0 Å². The molecule has 0 aliphatic heterocycles. The number of likely N-dealkylation sites (N-methyl/N-ethyl adjacent to an activating group) is 1. The molecule has 0 fully saturated rings. The number of hydrogen-bond acceptors (Lipinski definition) is 4. The van der Waals surface area contributed by atoms with Crippen molar-refractivity contribution < 1.29 is 14.4 Å². The van der Waals surface area contributed by atoms with Crippen molar-refractivity contribution in [2.24, 2.45) is 0 Å². The average Bonchev–Trinajstić information content (AvgIpc) is 3.09. The van der Waals surface area contributed by atoms with Crippen LogP contribution in [-0.2, 0) is 5.41 Å². The summed E-state index contributed by atoms with van der Waals surface area (Å²) in [6, 6.07) is 13.7. The van der Waals surface area contributed by atoms with Gasteiger partial charge < -0.3 is 9.64 Å². The quantitative estimate of drug-likeness (QED) is 0.675. The van der Waals surface area contributed by atoms with Gasteiger partial charge in [0.1, 0.15) is 5.75 Å². The standard InChI is InChI=1S/C23H29N3O2S/c1-23(2,3)17-9-7-16(8-10-17)21(27)26(14-13-25(4)5)22-24-19-12-11-18(28-6)15-20(19)29-22/h7-12,15H,13-14H2,1-6H3/p+1. The van der Waals surface area contributed by atoms with Crippen molar-refractivity contribution in [3.05, 3.63) is 53.6 Å². The Morgan fingerprint density at radius 3 is 2.41 bits per heavy atom. The summed E-state index contributed by atoms with van der Waals surface area (Å²) in [6.07, 6.45) is 0. The maximum Gasteiger partial charge on any atom is 0.260 e. The Morgan fingerprint density at radius 1 is 1.14 bits per heavy atom. The fraction of sp³-hybridized carbons (Fsp3) is 0.391. The summed E-state index contributed by atoms with van der Waals surface area (Å²) in [4.78, 5) is 21.2. The third-order valence-electron chi connectivity index (χ3n) is 4.89. The SMILES string of the molecule is COc1ccc2nc(N(CC[NH+](C)C)C(=O)c3ccc(C(C)(C)C)cc3)sc2c1. The van der Waals surface area contributed by atoms with E-state index < -0.39 is 0 Å². The van der Waals surface area contributed by atoms with E-state index in [4.69, 9.17) is 9.72 Å². The largest absolute Gasteiger partial charge is 0.497 e. The van der Waals surface area contributed by atoms with Gasteiger partial charge in [0.05, 0.1) is 44.5 Å². The molecule has 0 bridgehead atoms. The molecule has 0 aliphatic carbocycles. The summed E-state index contributed by atoms with van der Waals surface area (Å²) in [6.45, 7) is 7.96. The molecular weight excluding hydrogens is 382 g/mol. The van der Waals surface area contributed by atoms with Crippen LogP contribution in [0, 0.1) is 0 Å². The van der Waals surface area contributed by atoms with Crippen LogP contribution < -0.4 is 14.5 Å². The van der Waals surface area contributed by atoms with Gasteiger partial charge in [0.2, 0.25) is 0 Å².